The summed E-state index contributed by atoms with van der Waals surface area (Å²) in [5.41, 5.74) is 0. The van der Waals surface area contributed by atoms with Gasteiger partial charge in [-0.15, -0.1) is 0 Å². The lowest BCUT2D eigenvalue weighted by molar-refractivity contribution is -0.154. The van der Waals surface area contributed by atoms with Crippen molar-refractivity contribution in [2.45, 2.75) is 32.0 Å². The molecule has 2 atom stereocenters. The van der Waals surface area contributed by atoms with Crippen molar-refractivity contribution in [3.8, 4) is 5.75 Å². The number of carbonyl (C=O) groups is 1. The Morgan fingerprint density at radius 3 is 2.89 bits per heavy atom. The predicted molar refractivity (Wildman–Crippen MR) is 65.5 cm³/mol. The fourth-order valence-corrected chi connectivity index (χ4v) is 1.96. The van der Waals surface area contributed by atoms with Crippen LogP contribution >= 0.6 is 11.6 Å². The zero-order valence-corrected chi connectivity index (χ0v) is 10.7. The number of carbonyl (C=O) groups excluding carboxylic acids is 1. The lowest BCUT2D eigenvalue weighted by Crippen LogP contribution is -2.52. The first kappa shape index (κ1) is 13.3. The minimum atomic E-state index is -0.522. The molecule has 0 aromatic heterocycles. The zero-order valence-electron chi connectivity index (χ0n) is 9.99. The largest absolute Gasteiger partial charge is 0.485 e. The molecule has 0 heterocycles. The van der Waals surface area contributed by atoms with Crippen molar-refractivity contribution in [2.24, 2.45) is 0 Å². The smallest absolute Gasteiger partial charge is 0.169 e. The number of hydrogen-bond acceptors (Lipinski definition) is 3. The van der Waals surface area contributed by atoms with Crippen LogP contribution in [-0.2, 0) is 9.53 Å². The van der Waals surface area contributed by atoms with Gasteiger partial charge >= 0.3 is 0 Å². The number of rotatable bonds is 5. The van der Waals surface area contributed by atoms with Gasteiger partial charge in [-0.3, -0.25) is 4.79 Å². The summed E-state index contributed by atoms with van der Waals surface area (Å²) in [6, 6.07) is 3.90. The molecule has 1 fully saturated rings. The molecule has 1 aliphatic rings. The third-order valence-corrected chi connectivity index (χ3v) is 3.03. The van der Waals surface area contributed by atoms with E-state index in [0.717, 1.165) is 6.42 Å². The molecule has 1 saturated carbocycles. The molecule has 1 aromatic carbocycles. The highest BCUT2D eigenvalue weighted by atomic mass is 35.5. The fraction of sp³-hybridized carbons (Fsp3) is 0.462. The average molecular weight is 273 g/mol. The van der Waals surface area contributed by atoms with E-state index >= 15 is 0 Å². The number of hydrogen-bond donors (Lipinski definition) is 0. The van der Waals surface area contributed by atoms with Crippen LogP contribution in [0.1, 0.15) is 19.8 Å². The normalized spacial score (nSPS) is 22.7. The van der Waals surface area contributed by atoms with E-state index < -0.39 is 11.9 Å². The van der Waals surface area contributed by atoms with Gasteiger partial charge in [-0.2, -0.15) is 0 Å². The summed E-state index contributed by atoms with van der Waals surface area (Å²) in [6.45, 7) is 2.49. The van der Waals surface area contributed by atoms with Gasteiger partial charge < -0.3 is 9.47 Å². The Bertz CT molecular complexity index is 450. The third-order valence-electron chi connectivity index (χ3n) is 2.73. The van der Waals surface area contributed by atoms with Crippen LogP contribution in [0.4, 0.5) is 4.39 Å². The Balaban J connectivity index is 1.99. The molecular formula is C13H14ClFO3. The Morgan fingerprint density at radius 2 is 2.28 bits per heavy atom. The molecule has 0 spiro atoms. The highest BCUT2D eigenvalue weighted by Crippen LogP contribution is 2.31. The second kappa shape index (κ2) is 5.67. The maximum absolute atomic E-state index is 12.9. The van der Waals surface area contributed by atoms with Crippen LogP contribution < -0.4 is 4.74 Å². The molecule has 0 radical (unpaired) electrons. The summed E-state index contributed by atoms with van der Waals surface area (Å²) >= 11 is 5.85. The Labute approximate surface area is 110 Å². The molecule has 98 valence electrons. The van der Waals surface area contributed by atoms with Crippen LogP contribution in [0, 0.1) is 5.82 Å². The van der Waals surface area contributed by atoms with Crippen LogP contribution in [0.15, 0.2) is 18.2 Å². The summed E-state index contributed by atoms with van der Waals surface area (Å²) in [6.07, 6.45) is 0.300. The number of benzene rings is 1. The van der Waals surface area contributed by atoms with Crippen LogP contribution in [0.3, 0.4) is 0 Å². The van der Waals surface area contributed by atoms with E-state index in [-0.39, 0.29) is 16.9 Å². The summed E-state index contributed by atoms with van der Waals surface area (Å²) in [5.74, 6) is -0.0110. The third kappa shape index (κ3) is 2.82. The molecule has 0 N–H and O–H groups in total. The van der Waals surface area contributed by atoms with Gasteiger partial charge in [0, 0.05) is 13.0 Å². The molecule has 1 aromatic rings. The van der Waals surface area contributed by atoms with E-state index in [1.165, 1.54) is 18.2 Å². The van der Waals surface area contributed by atoms with Crippen molar-refractivity contribution in [1.29, 1.82) is 0 Å². The monoisotopic (exact) mass is 272 g/mol. The van der Waals surface area contributed by atoms with Gasteiger partial charge in [0.1, 0.15) is 17.7 Å². The lowest BCUT2D eigenvalue weighted by Gasteiger charge is -2.34. The summed E-state index contributed by atoms with van der Waals surface area (Å²) in [4.78, 5) is 11.4. The second-order valence-electron chi connectivity index (χ2n) is 4.19. The molecule has 3 nitrogen and oxygen atoms in total. The van der Waals surface area contributed by atoms with E-state index in [4.69, 9.17) is 21.1 Å². The van der Waals surface area contributed by atoms with Crippen LogP contribution in [0.25, 0.3) is 0 Å². The van der Waals surface area contributed by atoms with Gasteiger partial charge in [-0.05, 0) is 24.6 Å². The molecular weight excluding hydrogens is 259 g/mol. The fourth-order valence-electron chi connectivity index (χ4n) is 1.75. The first-order valence-electron chi connectivity index (χ1n) is 5.88. The van der Waals surface area contributed by atoms with Crippen molar-refractivity contribution in [3.05, 3.63) is 29.0 Å². The van der Waals surface area contributed by atoms with E-state index in [1.54, 1.807) is 0 Å². The standard InChI is InChI=1S/C13H14ClFO3/c1-2-5-17-13-10(16)7-12(13)18-11-4-3-8(15)6-9(11)14/h3-4,6,12-13H,2,5,7H2,1H3. The van der Waals surface area contributed by atoms with E-state index in [2.05, 4.69) is 0 Å². The quantitative estimate of drug-likeness (QED) is 0.827. The zero-order chi connectivity index (χ0) is 13.1. The number of halogens is 2. The van der Waals surface area contributed by atoms with Crippen molar-refractivity contribution in [1.82, 2.24) is 0 Å². The van der Waals surface area contributed by atoms with Crippen molar-refractivity contribution in [2.75, 3.05) is 6.61 Å². The van der Waals surface area contributed by atoms with Crippen LogP contribution in [-0.4, -0.2) is 24.6 Å². The molecule has 0 amide bonds. The number of Topliss-reactive ketones (excluding diaryl/α,β-unsaturated/α-hetero) is 1. The van der Waals surface area contributed by atoms with E-state index in [9.17, 15) is 9.18 Å². The van der Waals surface area contributed by atoms with Gasteiger partial charge in [0.2, 0.25) is 0 Å². The van der Waals surface area contributed by atoms with Crippen molar-refractivity contribution >= 4 is 17.4 Å². The van der Waals surface area contributed by atoms with E-state index in [1.807, 2.05) is 6.92 Å². The van der Waals surface area contributed by atoms with Gasteiger partial charge in [-0.25, -0.2) is 4.39 Å². The molecule has 0 aliphatic heterocycles. The number of ether oxygens (including phenoxy) is 2. The Hall–Kier alpha value is -1.13. The predicted octanol–water partition coefficient (Wildman–Crippen LogP) is 2.99. The van der Waals surface area contributed by atoms with E-state index in [0.29, 0.717) is 18.8 Å². The lowest BCUT2D eigenvalue weighted by atomic mass is 9.90. The van der Waals surface area contributed by atoms with Crippen LogP contribution in [0.2, 0.25) is 5.02 Å². The Morgan fingerprint density at radius 1 is 1.50 bits per heavy atom. The first-order valence-corrected chi connectivity index (χ1v) is 6.25. The minimum Gasteiger partial charge on any atom is -0.485 e. The van der Waals surface area contributed by atoms with Gasteiger partial charge in [-0.1, -0.05) is 18.5 Å². The average Bonchev–Trinajstić information content (AvgIpc) is 2.32. The molecule has 2 rings (SSSR count). The summed E-state index contributed by atoms with van der Waals surface area (Å²) in [5, 5.41) is 0.198. The molecule has 1 aliphatic carbocycles. The molecule has 2 unspecified atom stereocenters. The molecule has 0 bridgehead atoms. The number of ketones is 1. The highest BCUT2D eigenvalue weighted by molar-refractivity contribution is 6.32. The Kier molecular flexibility index (Phi) is 4.19. The molecule has 0 saturated heterocycles. The van der Waals surface area contributed by atoms with Gasteiger partial charge in [0.15, 0.2) is 11.9 Å². The topological polar surface area (TPSA) is 35.5 Å². The first-order chi connectivity index (χ1) is 8.61. The maximum Gasteiger partial charge on any atom is 0.169 e. The van der Waals surface area contributed by atoms with Gasteiger partial charge in [0.25, 0.3) is 0 Å². The minimum absolute atomic E-state index is 0.0340. The summed E-state index contributed by atoms with van der Waals surface area (Å²) in [7, 11) is 0. The second-order valence-corrected chi connectivity index (χ2v) is 4.60. The highest BCUT2D eigenvalue weighted by Gasteiger charge is 2.42. The summed E-state index contributed by atoms with van der Waals surface area (Å²) < 4.78 is 23.8. The SMILES string of the molecule is CCCOC1C(=O)CC1Oc1ccc(F)cc1Cl. The molecule has 18 heavy (non-hydrogen) atoms. The molecule has 5 heteroatoms. The van der Waals surface area contributed by atoms with Crippen LogP contribution in [0.5, 0.6) is 5.75 Å². The van der Waals surface area contributed by atoms with Crippen molar-refractivity contribution < 1.29 is 18.7 Å². The van der Waals surface area contributed by atoms with Crippen molar-refractivity contribution in [3.63, 3.8) is 0 Å². The maximum atomic E-state index is 12.9. The van der Waals surface area contributed by atoms with Gasteiger partial charge in [0.05, 0.1) is 5.02 Å².